The minimum Gasteiger partial charge on any atom is -0.497 e. The molecule has 2 amide bonds. The SMILES string of the molecule is COc1ccc(NC(=O)[C@@H]2C[C@@H]3CCCN3[C@]23C(=O)Nc2c(C)cc(Cl)cc23)cc1. The molecule has 2 saturated heterocycles. The first kappa shape index (κ1) is 19.4. The predicted octanol–water partition coefficient (Wildman–Crippen LogP) is 3.93. The molecule has 6 nitrogen and oxygen atoms in total. The van der Waals surface area contributed by atoms with Gasteiger partial charge in [-0.05, 0) is 74.7 Å². The summed E-state index contributed by atoms with van der Waals surface area (Å²) in [6.45, 7) is 2.74. The van der Waals surface area contributed by atoms with Gasteiger partial charge in [-0.3, -0.25) is 14.5 Å². The quantitative estimate of drug-likeness (QED) is 0.781. The topological polar surface area (TPSA) is 70.7 Å². The molecule has 3 atom stereocenters. The third kappa shape index (κ3) is 2.67. The van der Waals surface area contributed by atoms with E-state index in [1.165, 1.54) is 0 Å². The number of nitrogens with zero attached hydrogens (tertiary/aromatic N) is 1. The lowest BCUT2D eigenvalue weighted by Gasteiger charge is -2.36. The number of fused-ring (bicyclic) bond motifs is 4. The molecule has 0 radical (unpaired) electrons. The van der Waals surface area contributed by atoms with Crippen LogP contribution in [0.3, 0.4) is 0 Å². The normalized spacial score (nSPS) is 27.1. The zero-order valence-electron chi connectivity index (χ0n) is 17.0. The Hall–Kier alpha value is -2.57. The number of aryl methyl sites for hydroxylation is 1. The fraction of sp³-hybridized carbons (Fsp3) is 0.391. The van der Waals surface area contributed by atoms with Crippen LogP contribution in [0, 0.1) is 12.8 Å². The molecule has 0 unspecified atom stereocenters. The van der Waals surface area contributed by atoms with E-state index >= 15 is 0 Å². The van der Waals surface area contributed by atoms with Gasteiger partial charge in [0.25, 0.3) is 0 Å². The molecule has 30 heavy (non-hydrogen) atoms. The molecule has 7 heteroatoms. The molecule has 3 heterocycles. The molecule has 2 N–H and O–H groups in total. The highest BCUT2D eigenvalue weighted by molar-refractivity contribution is 6.31. The van der Waals surface area contributed by atoms with E-state index in [2.05, 4.69) is 15.5 Å². The molecule has 1 spiro atoms. The maximum absolute atomic E-state index is 13.5. The van der Waals surface area contributed by atoms with Crippen molar-refractivity contribution in [2.24, 2.45) is 5.92 Å². The van der Waals surface area contributed by atoms with Crippen LogP contribution < -0.4 is 15.4 Å². The minimum absolute atomic E-state index is 0.123. The highest BCUT2D eigenvalue weighted by Crippen LogP contribution is 2.56. The Morgan fingerprint density at radius 1 is 1.30 bits per heavy atom. The zero-order valence-corrected chi connectivity index (χ0v) is 17.8. The Morgan fingerprint density at radius 2 is 2.07 bits per heavy atom. The Kier molecular flexibility index (Phi) is 4.52. The molecule has 5 rings (SSSR count). The summed E-state index contributed by atoms with van der Waals surface area (Å²) in [5.74, 6) is -0.0402. The van der Waals surface area contributed by atoms with E-state index in [1.54, 1.807) is 19.2 Å². The second-order valence-corrected chi connectivity index (χ2v) is 8.80. The highest BCUT2D eigenvalue weighted by Gasteiger charge is 2.65. The van der Waals surface area contributed by atoms with Crippen molar-refractivity contribution >= 4 is 34.8 Å². The van der Waals surface area contributed by atoms with Crippen molar-refractivity contribution in [3.8, 4) is 5.75 Å². The summed E-state index contributed by atoms with van der Waals surface area (Å²) in [6, 6.07) is 11.1. The van der Waals surface area contributed by atoms with Gasteiger partial charge in [-0.25, -0.2) is 0 Å². The minimum atomic E-state index is -1.01. The van der Waals surface area contributed by atoms with E-state index in [0.717, 1.165) is 42.0 Å². The number of anilines is 2. The second-order valence-electron chi connectivity index (χ2n) is 8.36. The molecule has 0 aromatic heterocycles. The molecule has 2 aromatic rings. The average Bonchev–Trinajstić information content (AvgIpc) is 3.38. The number of nitrogens with one attached hydrogen (secondary N) is 2. The van der Waals surface area contributed by atoms with Crippen LogP contribution in [0.4, 0.5) is 11.4 Å². The van der Waals surface area contributed by atoms with Crippen LogP contribution in [-0.2, 0) is 15.1 Å². The number of carbonyl (C=O) groups is 2. The van der Waals surface area contributed by atoms with Gasteiger partial charge in [0.05, 0.1) is 13.0 Å². The number of ether oxygens (including phenoxy) is 1. The summed E-state index contributed by atoms with van der Waals surface area (Å²) in [4.78, 5) is 29.3. The van der Waals surface area contributed by atoms with Crippen molar-refractivity contribution < 1.29 is 14.3 Å². The smallest absolute Gasteiger partial charge is 0.250 e. The van der Waals surface area contributed by atoms with Crippen molar-refractivity contribution in [3.63, 3.8) is 0 Å². The lowest BCUT2D eigenvalue weighted by Crippen LogP contribution is -2.53. The maximum Gasteiger partial charge on any atom is 0.250 e. The Bertz CT molecular complexity index is 1040. The first-order valence-electron chi connectivity index (χ1n) is 10.3. The Morgan fingerprint density at radius 3 is 2.80 bits per heavy atom. The van der Waals surface area contributed by atoms with Gasteiger partial charge in [0.2, 0.25) is 11.8 Å². The molecule has 156 valence electrons. The largest absolute Gasteiger partial charge is 0.497 e. The number of amides is 2. The molecule has 0 bridgehead atoms. The van der Waals surface area contributed by atoms with Gasteiger partial charge >= 0.3 is 0 Å². The number of hydrogen-bond donors (Lipinski definition) is 2. The van der Waals surface area contributed by atoms with Gasteiger partial charge in [0.15, 0.2) is 0 Å². The Balaban J connectivity index is 1.57. The maximum atomic E-state index is 13.5. The average molecular weight is 426 g/mol. The summed E-state index contributed by atoms with van der Waals surface area (Å²) in [5.41, 5.74) is 2.21. The van der Waals surface area contributed by atoms with Gasteiger partial charge in [-0.1, -0.05) is 11.6 Å². The van der Waals surface area contributed by atoms with Crippen LogP contribution in [0.15, 0.2) is 36.4 Å². The first-order valence-corrected chi connectivity index (χ1v) is 10.7. The van der Waals surface area contributed by atoms with E-state index < -0.39 is 11.5 Å². The van der Waals surface area contributed by atoms with E-state index in [0.29, 0.717) is 17.1 Å². The van der Waals surface area contributed by atoms with Crippen LogP contribution in [0.5, 0.6) is 5.75 Å². The molecule has 3 aliphatic rings. The molecule has 0 aliphatic carbocycles. The summed E-state index contributed by atoms with van der Waals surface area (Å²) in [7, 11) is 1.60. The molecular weight excluding hydrogens is 402 g/mol. The van der Waals surface area contributed by atoms with Crippen molar-refractivity contribution in [2.75, 3.05) is 24.3 Å². The number of carbonyl (C=O) groups excluding carboxylic acids is 2. The number of hydrogen-bond acceptors (Lipinski definition) is 4. The van der Waals surface area contributed by atoms with Gasteiger partial charge in [0.1, 0.15) is 11.3 Å². The summed E-state index contributed by atoms with van der Waals surface area (Å²) in [6.07, 6.45) is 2.68. The standard InChI is InChI=1S/C23H24ClN3O3/c1-13-10-14(24)11-18-20(13)26-22(29)23(18)19(12-16-4-3-9-27(16)23)21(28)25-15-5-7-17(30-2)8-6-15/h5-8,10-11,16,19H,3-4,9,12H2,1-2H3,(H,25,28)(H,26,29)/t16-,19-,23-/m0/s1. The van der Waals surface area contributed by atoms with Gasteiger partial charge < -0.3 is 15.4 Å². The van der Waals surface area contributed by atoms with E-state index in [-0.39, 0.29) is 17.9 Å². The zero-order chi connectivity index (χ0) is 21.0. The molecular formula is C23H24ClN3O3. The number of rotatable bonds is 3. The fourth-order valence-corrected chi connectivity index (χ4v) is 5.83. The monoisotopic (exact) mass is 425 g/mol. The lowest BCUT2D eigenvalue weighted by atomic mass is 9.78. The number of halogens is 1. The van der Waals surface area contributed by atoms with Crippen molar-refractivity contribution in [2.45, 2.75) is 37.8 Å². The van der Waals surface area contributed by atoms with E-state index in [4.69, 9.17) is 16.3 Å². The molecule has 2 aromatic carbocycles. The summed E-state index contributed by atoms with van der Waals surface area (Å²) >= 11 is 6.40. The van der Waals surface area contributed by atoms with Crippen LogP contribution in [0.2, 0.25) is 5.02 Å². The van der Waals surface area contributed by atoms with Crippen LogP contribution in [0.25, 0.3) is 0 Å². The predicted molar refractivity (Wildman–Crippen MR) is 116 cm³/mol. The van der Waals surface area contributed by atoms with E-state index in [1.807, 2.05) is 31.2 Å². The second kappa shape index (κ2) is 7.00. The fourth-order valence-electron chi connectivity index (χ4n) is 5.56. The summed E-state index contributed by atoms with van der Waals surface area (Å²) in [5, 5.41) is 6.67. The van der Waals surface area contributed by atoms with E-state index in [9.17, 15) is 9.59 Å². The molecule has 3 aliphatic heterocycles. The van der Waals surface area contributed by atoms with Crippen LogP contribution in [0.1, 0.15) is 30.4 Å². The highest BCUT2D eigenvalue weighted by atomic mass is 35.5. The van der Waals surface area contributed by atoms with Gasteiger partial charge in [0, 0.05) is 28.0 Å². The number of benzene rings is 2. The van der Waals surface area contributed by atoms with Crippen molar-refractivity contribution in [1.29, 1.82) is 0 Å². The van der Waals surface area contributed by atoms with Gasteiger partial charge in [-0.2, -0.15) is 0 Å². The van der Waals surface area contributed by atoms with Crippen molar-refractivity contribution in [1.82, 2.24) is 4.90 Å². The third-order valence-corrected chi connectivity index (χ3v) is 7.03. The molecule has 0 saturated carbocycles. The Labute approximate surface area is 180 Å². The number of methoxy groups -OCH3 is 1. The van der Waals surface area contributed by atoms with Crippen LogP contribution in [-0.4, -0.2) is 36.4 Å². The molecule has 2 fully saturated rings. The van der Waals surface area contributed by atoms with Crippen molar-refractivity contribution in [3.05, 3.63) is 52.5 Å². The van der Waals surface area contributed by atoms with Gasteiger partial charge in [-0.15, -0.1) is 0 Å². The third-order valence-electron chi connectivity index (χ3n) is 6.81. The lowest BCUT2D eigenvalue weighted by molar-refractivity contribution is -0.135. The summed E-state index contributed by atoms with van der Waals surface area (Å²) < 4.78 is 5.19. The first-order chi connectivity index (χ1) is 14.4. The van der Waals surface area contributed by atoms with Crippen LogP contribution >= 0.6 is 11.6 Å².